The number of aryl methyl sites for hydroxylation is 1. The van der Waals surface area contributed by atoms with Crippen molar-refractivity contribution < 1.29 is 9.53 Å². The van der Waals surface area contributed by atoms with Crippen molar-refractivity contribution in [3.8, 4) is 0 Å². The predicted octanol–water partition coefficient (Wildman–Crippen LogP) is 3.95. The van der Waals surface area contributed by atoms with Crippen molar-refractivity contribution in [3.63, 3.8) is 0 Å². The third kappa shape index (κ3) is 6.22. The second-order valence-electron chi connectivity index (χ2n) is 7.68. The summed E-state index contributed by atoms with van der Waals surface area (Å²) in [6.07, 6.45) is 2.20. The molecule has 1 aromatic rings. The molecule has 0 radical (unpaired) electrons. The van der Waals surface area contributed by atoms with Crippen molar-refractivity contribution in [2.75, 3.05) is 6.54 Å². The zero-order chi connectivity index (χ0) is 17.0. The van der Waals surface area contributed by atoms with Gasteiger partial charge < -0.3 is 15.4 Å². The third-order valence-electron chi connectivity index (χ3n) is 3.94. The Balaban J connectivity index is 1.84. The molecular formula is C19H30N2O2. The Labute approximate surface area is 140 Å². The van der Waals surface area contributed by atoms with E-state index in [1.54, 1.807) is 0 Å². The number of nitrogens with one attached hydrogen (secondary N) is 2. The molecule has 0 spiro atoms. The first-order chi connectivity index (χ1) is 10.7. The first-order valence-electron chi connectivity index (χ1n) is 8.54. The quantitative estimate of drug-likeness (QED) is 0.835. The molecule has 2 unspecified atom stereocenters. The number of alkyl carbamates (subject to hydrolysis) is 1. The van der Waals surface area contributed by atoms with E-state index in [9.17, 15) is 4.79 Å². The SMILES string of the molecule is Cc1ccc(C(NCC(C)NC(=O)OC(C)(C)C)C2CC2)cc1. The zero-order valence-corrected chi connectivity index (χ0v) is 15.0. The van der Waals surface area contributed by atoms with Gasteiger partial charge in [0.05, 0.1) is 0 Å². The van der Waals surface area contributed by atoms with E-state index < -0.39 is 5.60 Å². The molecule has 1 aliphatic rings. The van der Waals surface area contributed by atoms with Gasteiger partial charge in [-0.1, -0.05) is 29.8 Å². The molecular weight excluding hydrogens is 288 g/mol. The number of carbonyl (C=O) groups excluding carboxylic acids is 1. The van der Waals surface area contributed by atoms with Crippen molar-refractivity contribution in [1.82, 2.24) is 10.6 Å². The van der Waals surface area contributed by atoms with Crippen LogP contribution in [0.1, 0.15) is 57.7 Å². The van der Waals surface area contributed by atoms with Gasteiger partial charge in [0.15, 0.2) is 0 Å². The van der Waals surface area contributed by atoms with Gasteiger partial charge in [-0.05, 0) is 58.9 Å². The van der Waals surface area contributed by atoms with E-state index in [4.69, 9.17) is 4.74 Å². The Bertz CT molecular complexity index is 515. The average Bonchev–Trinajstić information content (AvgIpc) is 3.23. The molecule has 1 saturated carbocycles. The van der Waals surface area contributed by atoms with E-state index >= 15 is 0 Å². The summed E-state index contributed by atoms with van der Waals surface area (Å²) in [6.45, 7) is 10.4. The highest BCUT2D eigenvalue weighted by Gasteiger charge is 2.32. The van der Waals surface area contributed by atoms with E-state index in [1.165, 1.54) is 24.0 Å². The molecule has 0 aromatic heterocycles. The lowest BCUT2D eigenvalue weighted by Crippen LogP contribution is -2.43. The van der Waals surface area contributed by atoms with Crippen LogP contribution in [0.25, 0.3) is 0 Å². The van der Waals surface area contributed by atoms with Crippen molar-refractivity contribution in [2.24, 2.45) is 5.92 Å². The molecule has 0 aliphatic heterocycles. The van der Waals surface area contributed by atoms with Gasteiger partial charge in [-0.15, -0.1) is 0 Å². The minimum Gasteiger partial charge on any atom is -0.444 e. The Morgan fingerprint density at radius 3 is 2.39 bits per heavy atom. The lowest BCUT2D eigenvalue weighted by Gasteiger charge is -2.24. The molecule has 0 saturated heterocycles. The number of ether oxygens (including phenoxy) is 1. The lowest BCUT2D eigenvalue weighted by atomic mass is 10.0. The van der Waals surface area contributed by atoms with Gasteiger partial charge in [0.2, 0.25) is 0 Å². The highest BCUT2D eigenvalue weighted by atomic mass is 16.6. The normalized spacial score (nSPS) is 17.4. The van der Waals surface area contributed by atoms with Crippen LogP contribution in [-0.4, -0.2) is 24.3 Å². The predicted molar refractivity (Wildman–Crippen MR) is 93.5 cm³/mol. The zero-order valence-electron chi connectivity index (χ0n) is 15.0. The molecule has 0 heterocycles. The Hall–Kier alpha value is -1.55. The van der Waals surface area contributed by atoms with Crippen LogP contribution in [0, 0.1) is 12.8 Å². The molecule has 2 atom stereocenters. The smallest absolute Gasteiger partial charge is 0.407 e. The standard InChI is InChI=1S/C19H30N2O2/c1-13-6-8-15(9-7-13)17(16-10-11-16)20-12-14(2)21-18(22)23-19(3,4)5/h6-9,14,16-17,20H,10-12H2,1-5H3,(H,21,22). The molecule has 1 fully saturated rings. The number of amides is 1. The highest BCUT2D eigenvalue weighted by molar-refractivity contribution is 5.68. The highest BCUT2D eigenvalue weighted by Crippen LogP contribution is 2.40. The summed E-state index contributed by atoms with van der Waals surface area (Å²) >= 11 is 0. The third-order valence-corrected chi connectivity index (χ3v) is 3.94. The average molecular weight is 318 g/mol. The van der Waals surface area contributed by atoms with Crippen molar-refractivity contribution in [3.05, 3.63) is 35.4 Å². The number of carbonyl (C=O) groups is 1. The van der Waals surface area contributed by atoms with E-state index in [2.05, 4.69) is 41.8 Å². The first-order valence-corrected chi connectivity index (χ1v) is 8.54. The van der Waals surface area contributed by atoms with Gasteiger partial charge in [-0.2, -0.15) is 0 Å². The fourth-order valence-electron chi connectivity index (χ4n) is 2.62. The van der Waals surface area contributed by atoms with Crippen LogP contribution in [-0.2, 0) is 4.74 Å². The topological polar surface area (TPSA) is 50.4 Å². The molecule has 4 heteroatoms. The molecule has 23 heavy (non-hydrogen) atoms. The van der Waals surface area contributed by atoms with Gasteiger partial charge >= 0.3 is 6.09 Å². The van der Waals surface area contributed by atoms with E-state index in [1.807, 2.05) is 27.7 Å². The van der Waals surface area contributed by atoms with Gasteiger partial charge in [-0.3, -0.25) is 0 Å². The fourth-order valence-corrected chi connectivity index (χ4v) is 2.62. The van der Waals surface area contributed by atoms with Crippen LogP contribution in [0.5, 0.6) is 0 Å². The summed E-state index contributed by atoms with van der Waals surface area (Å²) in [5, 5.41) is 6.50. The van der Waals surface area contributed by atoms with Crippen molar-refractivity contribution in [2.45, 2.75) is 65.1 Å². The molecule has 2 N–H and O–H groups in total. The fraction of sp³-hybridized carbons (Fsp3) is 0.632. The van der Waals surface area contributed by atoms with Crippen molar-refractivity contribution in [1.29, 1.82) is 0 Å². The van der Waals surface area contributed by atoms with Crippen LogP contribution >= 0.6 is 0 Å². The van der Waals surface area contributed by atoms with Gasteiger partial charge in [0.1, 0.15) is 5.60 Å². The largest absolute Gasteiger partial charge is 0.444 e. The minimum atomic E-state index is -0.463. The molecule has 2 rings (SSSR count). The summed E-state index contributed by atoms with van der Waals surface area (Å²) in [5.74, 6) is 0.714. The maximum atomic E-state index is 11.8. The van der Waals surface area contributed by atoms with Crippen molar-refractivity contribution >= 4 is 6.09 Å². The molecule has 1 amide bonds. The van der Waals surface area contributed by atoms with Crippen LogP contribution < -0.4 is 10.6 Å². The van der Waals surface area contributed by atoms with Crippen LogP contribution in [0.3, 0.4) is 0 Å². The monoisotopic (exact) mass is 318 g/mol. The molecule has 128 valence electrons. The summed E-state index contributed by atoms with van der Waals surface area (Å²) in [4.78, 5) is 11.8. The second-order valence-corrected chi connectivity index (χ2v) is 7.68. The Morgan fingerprint density at radius 2 is 1.87 bits per heavy atom. The lowest BCUT2D eigenvalue weighted by molar-refractivity contribution is 0.0507. The molecule has 1 aromatic carbocycles. The van der Waals surface area contributed by atoms with Gasteiger partial charge in [-0.25, -0.2) is 4.79 Å². The first kappa shape index (κ1) is 17.8. The summed E-state index contributed by atoms with van der Waals surface area (Å²) in [5.41, 5.74) is 2.15. The molecule has 1 aliphatic carbocycles. The number of hydrogen-bond donors (Lipinski definition) is 2. The maximum Gasteiger partial charge on any atom is 0.407 e. The molecule has 0 bridgehead atoms. The van der Waals surface area contributed by atoms with Gasteiger partial charge in [0, 0.05) is 18.6 Å². The second kappa shape index (κ2) is 7.35. The van der Waals surface area contributed by atoms with E-state index in [-0.39, 0.29) is 12.1 Å². The van der Waals surface area contributed by atoms with Crippen LogP contribution in [0.15, 0.2) is 24.3 Å². The Morgan fingerprint density at radius 1 is 1.26 bits per heavy atom. The number of benzene rings is 1. The summed E-state index contributed by atoms with van der Waals surface area (Å²) in [7, 11) is 0. The minimum absolute atomic E-state index is 0.0246. The van der Waals surface area contributed by atoms with Crippen LogP contribution in [0.4, 0.5) is 4.79 Å². The van der Waals surface area contributed by atoms with E-state index in [0.29, 0.717) is 12.0 Å². The van der Waals surface area contributed by atoms with E-state index in [0.717, 1.165) is 6.54 Å². The Kier molecular flexibility index (Phi) is 5.69. The summed E-state index contributed by atoms with van der Waals surface area (Å²) in [6, 6.07) is 9.13. The molecule has 4 nitrogen and oxygen atoms in total. The summed E-state index contributed by atoms with van der Waals surface area (Å²) < 4.78 is 5.29. The number of rotatable bonds is 6. The van der Waals surface area contributed by atoms with Gasteiger partial charge in [0.25, 0.3) is 0 Å². The number of hydrogen-bond acceptors (Lipinski definition) is 3. The maximum absolute atomic E-state index is 11.8. The van der Waals surface area contributed by atoms with Crippen LogP contribution in [0.2, 0.25) is 0 Å².